The van der Waals surface area contributed by atoms with Crippen molar-refractivity contribution in [3.8, 4) is 5.75 Å². The summed E-state index contributed by atoms with van der Waals surface area (Å²) in [6.45, 7) is 11.4. The van der Waals surface area contributed by atoms with Gasteiger partial charge in [0.15, 0.2) is 0 Å². The fraction of sp³-hybridized carbons (Fsp3) is 0.419. The van der Waals surface area contributed by atoms with E-state index < -0.39 is 0 Å². The van der Waals surface area contributed by atoms with Gasteiger partial charge in [-0.05, 0) is 78.9 Å². The van der Waals surface area contributed by atoms with E-state index in [1.165, 1.54) is 10.4 Å². The minimum atomic E-state index is -0.181. The molecule has 37 heavy (non-hydrogen) atoms. The highest BCUT2D eigenvalue weighted by Gasteiger charge is 2.34. The third-order valence-corrected chi connectivity index (χ3v) is 8.43. The minimum absolute atomic E-state index is 0.0390. The molecule has 0 N–H and O–H groups in total. The first-order chi connectivity index (χ1) is 17.8. The maximum absolute atomic E-state index is 13.8. The predicted octanol–water partition coefficient (Wildman–Crippen LogP) is 6.63. The van der Waals surface area contributed by atoms with Crippen LogP contribution in [0.25, 0.3) is 0 Å². The van der Waals surface area contributed by atoms with Crippen molar-refractivity contribution in [1.29, 1.82) is 0 Å². The molecule has 1 aromatic heterocycles. The third-order valence-electron chi connectivity index (χ3n) is 7.43. The van der Waals surface area contributed by atoms with E-state index in [0.29, 0.717) is 24.6 Å². The van der Waals surface area contributed by atoms with E-state index in [0.717, 1.165) is 29.7 Å². The Labute approximate surface area is 225 Å². The lowest BCUT2D eigenvalue weighted by Gasteiger charge is -2.38. The molecule has 0 aliphatic carbocycles. The number of hydrogen-bond acceptors (Lipinski definition) is 4. The Morgan fingerprint density at radius 1 is 1.08 bits per heavy atom. The number of ether oxygens (including phenoxy) is 1. The maximum atomic E-state index is 13.8. The number of fused-ring (bicyclic) bond motifs is 1. The second kappa shape index (κ2) is 12.0. The summed E-state index contributed by atoms with van der Waals surface area (Å²) in [6, 6.07) is 17.7. The lowest BCUT2D eigenvalue weighted by molar-refractivity contribution is -0.136. The lowest BCUT2D eigenvalue weighted by atomic mass is 10.00. The molecule has 4 rings (SSSR count). The Bertz CT molecular complexity index is 1220. The summed E-state index contributed by atoms with van der Waals surface area (Å²) in [5.41, 5.74) is 4.00. The van der Waals surface area contributed by atoms with Gasteiger partial charge in [-0.1, -0.05) is 51.1 Å². The van der Waals surface area contributed by atoms with Crippen LogP contribution in [0.1, 0.15) is 78.0 Å². The summed E-state index contributed by atoms with van der Waals surface area (Å²) in [6.07, 6.45) is 1.60. The topological polar surface area (TPSA) is 49.9 Å². The van der Waals surface area contributed by atoms with Gasteiger partial charge in [-0.15, -0.1) is 11.3 Å². The second-order valence-electron chi connectivity index (χ2n) is 10.2. The third kappa shape index (κ3) is 6.07. The van der Waals surface area contributed by atoms with E-state index in [1.807, 2.05) is 62.1 Å². The van der Waals surface area contributed by atoms with E-state index in [9.17, 15) is 9.59 Å². The number of carbonyl (C=O) groups is 2. The molecule has 0 radical (unpaired) electrons. The highest BCUT2D eigenvalue weighted by Crippen LogP contribution is 2.34. The molecule has 0 spiro atoms. The summed E-state index contributed by atoms with van der Waals surface area (Å²) in [7, 11) is 0. The van der Waals surface area contributed by atoms with Gasteiger partial charge in [0.25, 0.3) is 5.91 Å². The predicted molar refractivity (Wildman–Crippen MR) is 150 cm³/mol. The number of amides is 2. The van der Waals surface area contributed by atoms with Crippen molar-refractivity contribution >= 4 is 23.2 Å². The zero-order chi connectivity index (χ0) is 26.5. The molecule has 196 valence electrons. The molecule has 0 fully saturated rings. The zero-order valence-corrected chi connectivity index (χ0v) is 23.4. The van der Waals surface area contributed by atoms with E-state index >= 15 is 0 Å². The smallest absolute Gasteiger partial charge is 0.254 e. The molecule has 2 atom stereocenters. The highest BCUT2D eigenvalue weighted by atomic mass is 32.1. The second-order valence-corrected chi connectivity index (χ2v) is 11.2. The Morgan fingerprint density at radius 2 is 1.81 bits per heavy atom. The largest absolute Gasteiger partial charge is 0.491 e. The first-order valence-corrected chi connectivity index (χ1v) is 14.1. The minimum Gasteiger partial charge on any atom is -0.491 e. The standard InChI is InChI=1S/C31H38N2O3S/c1-6-23(5)33(31(35)26-10-8-7-9-22(26)4)19-30(34)32-17-15-29-27(16-18-37-29)28(32)20-36-25-13-11-24(12-14-25)21(2)3/h7-14,16,18,21,23,28H,6,15,17,19-20H2,1-5H3/t23-,28+/m1/s1. The van der Waals surface area contributed by atoms with Crippen LogP contribution < -0.4 is 4.74 Å². The van der Waals surface area contributed by atoms with Gasteiger partial charge >= 0.3 is 0 Å². The maximum Gasteiger partial charge on any atom is 0.254 e. The first kappa shape index (κ1) is 26.9. The summed E-state index contributed by atoms with van der Waals surface area (Å²) in [5, 5.41) is 2.09. The quantitative estimate of drug-likeness (QED) is 0.320. The normalized spacial score (nSPS) is 15.8. The summed E-state index contributed by atoms with van der Waals surface area (Å²) >= 11 is 1.74. The van der Waals surface area contributed by atoms with Crippen molar-refractivity contribution in [3.05, 3.63) is 87.1 Å². The molecule has 0 bridgehead atoms. The molecule has 0 saturated heterocycles. The van der Waals surface area contributed by atoms with Gasteiger partial charge in [0.1, 0.15) is 18.9 Å². The van der Waals surface area contributed by atoms with Crippen LogP contribution in [0.4, 0.5) is 0 Å². The van der Waals surface area contributed by atoms with Crippen molar-refractivity contribution in [2.75, 3.05) is 19.7 Å². The SMILES string of the molecule is CC[C@@H](C)N(CC(=O)N1CCc2sccc2[C@@H]1COc1ccc(C(C)C)cc1)C(=O)c1ccccc1C. The molecule has 0 saturated carbocycles. The average Bonchev–Trinajstić information content (AvgIpc) is 3.39. The van der Waals surface area contributed by atoms with Crippen LogP contribution in [-0.2, 0) is 11.2 Å². The molecule has 5 nitrogen and oxygen atoms in total. The van der Waals surface area contributed by atoms with Gasteiger partial charge in [-0.25, -0.2) is 0 Å². The van der Waals surface area contributed by atoms with Crippen molar-refractivity contribution in [3.63, 3.8) is 0 Å². The van der Waals surface area contributed by atoms with Gasteiger partial charge in [0, 0.05) is 23.0 Å². The van der Waals surface area contributed by atoms with Gasteiger partial charge < -0.3 is 14.5 Å². The van der Waals surface area contributed by atoms with E-state index in [1.54, 1.807) is 16.2 Å². The molecule has 1 aliphatic heterocycles. The van der Waals surface area contributed by atoms with Gasteiger partial charge in [0.05, 0.1) is 6.04 Å². The molecule has 2 aromatic carbocycles. The Balaban J connectivity index is 1.54. The van der Waals surface area contributed by atoms with E-state index in [-0.39, 0.29) is 30.4 Å². The molecule has 1 aliphatic rings. The van der Waals surface area contributed by atoms with Crippen LogP contribution in [0, 0.1) is 6.92 Å². The molecular weight excluding hydrogens is 480 g/mol. The van der Waals surface area contributed by atoms with Crippen molar-refractivity contribution in [2.24, 2.45) is 0 Å². The summed E-state index contributed by atoms with van der Waals surface area (Å²) in [5.74, 6) is 1.13. The Hall–Kier alpha value is -3.12. The molecule has 0 unspecified atom stereocenters. The van der Waals surface area contributed by atoms with Crippen LogP contribution in [0.5, 0.6) is 5.75 Å². The summed E-state index contributed by atoms with van der Waals surface area (Å²) < 4.78 is 6.22. The van der Waals surface area contributed by atoms with Gasteiger partial charge in [-0.2, -0.15) is 0 Å². The Kier molecular flexibility index (Phi) is 8.70. The van der Waals surface area contributed by atoms with Crippen molar-refractivity contribution in [1.82, 2.24) is 9.80 Å². The van der Waals surface area contributed by atoms with Crippen LogP contribution in [0.2, 0.25) is 0 Å². The van der Waals surface area contributed by atoms with Crippen molar-refractivity contribution in [2.45, 2.75) is 65.5 Å². The number of nitrogens with zero attached hydrogens (tertiary/aromatic N) is 2. The zero-order valence-electron chi connectivity index (χ0n) is 22.6. The van der Waals surface area contributed by atoms with Crippen LogP contribution in [0.15, 0.2) is 60.0 Å². The Morgan fingerprint density at radius 3 is 2.49 bits per heavy atom. The first-order valence-electron chi connectivity index (χ1n) is 13.2. The monoisotopic (exact) mass is 518 g/mol. The molecule has 2 heterocycles. The molecule has 3 aromatic rings. The number of thiophene rings is 1. The number of carbonyl (C=O) groups excluding carboxylic acids is 2. The molecular formula is C31H38N2O3S. The molecule has 6 heteroatoms. The number of benzene rings is 2. The lowest BCUT2D eigenvalue weighted by Crippen LogP contribution is -2.50. The van der Waals surface area contributed by atoms with Crippen LogP contribution in [-0.4, -0.2) is 47.4 Å². The van der Waals surface area contributed by atoms with E-state index in [4.69, 9.17) is 4.74 Å². The van der Waals surface area contributed by atoms with Crippen LogP contribution in [0.3, 0.4) is 0 Å². The summed E-state index contributed by atoms with van der Waals surface area (Å²) in [4.78, 5) is 32.3. The van der Waals surface area contributed by atoms with Gasteiger partial charge in [0.2, 0.25) is 5.91 Å². The van der Waals surface area contributed by atoms with Crippen LogP contribution >= 0.6 is 11.3 Å². The average molecular weight is 519 g/mol. The fourth-order valence-corrected chi connectivity index (χ4v) is 5.78. The highest BCUT2D eigenvalue weighted by molar-refractivity contribution is 7.10. The number of aryl methyl sites for hydroxylation is 1. The van der Waals surface area contributed by atoms with E-state index in [2.05, 4.69) is 37.4 Å². The van der Waals surface area contributed by atoms with Gasteiger partial charge in [-0.3, -0.25) is 9.59 Å². The number of rotatable bonds is 9. The molecule has 2 amide bonds. The van der Waals surface area contributed by atoms with Crippen molar-refractivity contribution < 1.29 is 14.3 Å². The fourth-order valence-electron chi connectivity index (χ4n) is 4.85. The number of hydrogen-bond donors (Lipinski definition) is 0.